The summed E-state index contributed by atoms with van der Waals surface area (Å²) in [7, 11) is 0. The van der Waals surface area contributed by atoms with Crippen molar-refractivity contribution >= 4 is 28.9 Å². The number of anilines is 1. The molecule has 2 atom stereocenters. The first kappa shape index (κ1) is 22.1. The van der Waals surface area contributed by atoms with E-state index in [-0.39, 0.29) is 41.5 Å². The van der Waals surface area contributed by atoms with Crippen LogP contribution in [0.3, 0.4) is 0 Å². The highest BCUT2D eigenvalue weighted by Crippen LogP contribution is 2.41. The minimum absolute atomic E-state index is 0.170. The molecule has 36 heavy (non-hydrogen) atoms. The van der Waals surface area contributed by atoms with Crippen LogP contribution in [0.1, 0.15) is 35.9 Å². The molecule has 2 N–H and O–H groups in total. The summed E-state index contributed by atoms with van der Waals surface area (Å²) in [6.45, 7) is 0. The monoisotopic (exact) mass is 488 g/mol. The van der Waals surface area contributed by atoms with E-state index in [1.807, 2.05) is 12.1 Å². The second-order valence-corrected chi connectivity index (χ2v) is 8.79. The summed E-state index contributed by atoms with van der Waals surface area (Å²) in [5, 5.41) is 6.14. The second-order valence-electron chi connectivity index (χ2n) is 8.79. The number of guanidine groups is 1. The Hall–Kier alpha value is -4.40. The minimum atomic E-state index is -0.931. The van der Waals surface area contributed by atoms with Crippen LogP contribution in [0.2, 0.25) is 0 Å². The molecule has 0 bridgehead atoms. The van der Waals surface area contributed by atoms with E-state index in [9.17, 15) is 18.0 Å². The van der Waals surface area contributed by atoms with Gasteiger partial charge in [0.15, 0.2) is 11.4 Å². The van der Waals surface area contributed by atoms with Crippen LogP contribution in [-0.2, 0) is 4.79 Å². The summed E-state index contributed by atoms with van der Waals surface area (Å²) >= 11 is 0. The Bertz CT molecular complexity index is 1510. The topological polar surface area (TPSA) is 79.5 Å². The van der Waals surface area contributed by atoms with Gasteiger partial charge < -0.3 is 9.73 Å². The molecule has 0 spiro atoms. The molecule has 2 heterocycles. The lowest BCUT2D eigenvalue weighted by molar-refractivity contribution is -0.116. The van der Waals surface area contributed by atoms with Crippen molar-refractivity contribution in [1.82, 2.24) is 10.3 Å². The SMILES string of the molecule is O=C1CC(c2ccc(F)cc2)CC2=C1C(c1cc(F)cc(F)c1)N=C(Nc1nc3ccccc3o1)N2. The van der Waals surface area contributed by atoms with E-state index >= 15 is 0 Å². The molecule has 2 unspecified atom stereocenters. The van der Waals surface area contributed by atoms with Crippen LogP contribution in [-0.4, -0.2) is 16.7 Å². The summed E-state index contributed by atoms with van der Waals surface area (Å²) in [6.07, 6.45) is 0.596. The normalized spacial score (nSPS) is 19.6. The first-order chi connectivity index (χ1) is 17.4. The number of hydrogen-bond acceptors (Lipinski definition) is 6. The predicted octanol–water partition coefficient (Wildman–Crippen LogP) is 5.76. The van der Waals surface area contributed by atoms with E-state index in [0.717, 1.165) is 11.6 Å². The number of rotatable bonds is 3. The molecule has 6 rings (SSSR count). The van der Waals surface area contributed by atoms with Crippen LogP contribution in [0.25, 0.3) is 11.1 Å². The maximum absolute atomic E-state index is 14.1. The summed E-state index contributed by atoms with van der Waals surface area (Å²) < 4.78 is 47.4. The molecular formula is C27H19F3N4O2. The van der Waals surface area contributed by atoms with Gasteiger partial charge in [0, 0.05) is 23.8 Å². The number of hydrogen-bond donors (Lipinski definition) is 2. The van der Waals surface area contributed by atoms with Gasteiger partial charge in [0.25, 0.3) is 0 Å². The largest absolute Gasteiger partial charge is 0.423 e. The lowest BCUT2D eigenvalue weighted by Gasteiger charge is -2.33. The number of fused-ring (bicyclic) bond motifs is 1. The number of nitrogens with one attached hydrogen (secondary N) is 2. The highest BCUT2D eigenvalue weighted by molar-refractivity contribution is 6.03. The molecule has 0 radical (unpaired) electrons. The Kier molecular flexibility index (Phi) is 5.32. The molecule has 6 nitrogen and oxygen atoms in total. The third-order valence-electron chi connectivity index (χ3n) is 6.37. The van der Waals surface area contributed by atoms with Gasteiger partial charge in [-0.15, -0.1) is 0 Å². The van der Waals surface area contributed by atoms with Gasteiger partial charge in [-0.1, -0.05) is 24.3 Å². The number of allylic oxidation sites excluding steroid dienone is 1. The van der Waals surface area contributed by atoms with Crippen molar-refractivity contribution in [3.63, 3.8) is 0 Å². The zero-order valence-corrected chi connectivity index (χ0v) is 18.8. The zero-order valence-electron chi connectivity index (χ0n) is 18.8. The number of aromatic nitrogens is 1. The second kappa shape index (κ2) is 8.67. The average molecular weight is 488 g/mol. The van der Waals surface area contributed by atoms with Crippen molar-refractivity contribution in [3.8, 4) is 0 Å². The fourth-order valence-corrected chi connectivity index (χ4v) is 4.77. The van der Waals surface area contributed by atoms with E-state index < -0.39 is 17.7 Å². The Morgan fingerprint density at radius 2 is 1.64 bits per heavy atom. The Balaban J connectivity index is 1.39. The van der Waals surface area contributed by atoms with Gasteiger partial charge in [-0.05, 0) is 59.9 Å². The summed E-state index contributed by atoms with van der Waals surface area (Å²) in [5.41, 5.74) is 3.17. The molecule has 9 heteroatoms. The van der Waals surface area contributed by atoms with E-state index in [2.05, 4.69) is 20.6 Å². The molecule has 180 valence electrons. The number of halogens is 3. The highest BCUT2D eigenvalue weighted by Gasteiger charge is 2.37. The van der Waals surface area contributed by atoms with Crippen LogP contribution in [0.4, 0.5) is 19.2 Å². The molecule has 1 aliphatic heterocycles. The molecule has 3 aromatic carbocycles. The Labute approximate surface area is 203 Å². The molecule has 4 aromatic rings. The van der Waals surface area contributed by atoms with Crippen molar-refractivity contribution in [2.45, 2.75) is 24.8 Å². The van der Waals surface area contributed by atoms with Gasteiger partial charge in [0.1, 0.15) is 29.0 Å². The molecule has 1 aliphatic carbocycles. The maximum atomic E-state index is 14.1. The summed E-state index contributed by atoms with van der Waals surface area (Å²) in [6, 6.07) is 15.6. The first-order valence-electron chi connectivity index (χ1n) is 11.4. The number of carbonyl (C=O) groups is 1. The standard InChI is InChI=1S/C27H19F3N4O2/c28-17-7-5-14(6-8-17)15-11-21-24(22(35)12-15)25(16-9-18(29)13-19(30)10-16)33-26(31-21)34-27-32-20-3-1-2-4-23(20)36-27/h1-10,13,15,25H,11-12H2,(H2,31,32,33,34). The van der Waals surface area contributed by atoms with Crippen molar-refractivity contribution < 1.29 is 22.4 Å². The summed E-state index contributed by atoms with van der Waals surface area (Å²) in [4.78, 5) is 22.3. The van der Waals surface area contributed by atoms with E-state index in [1.54, 1.807) is 24.3 Å². The van der Waals surface area contributed by atoms with E-state index in [1.165, 1.54) is 24.3 Å². The van der Waals surface area contributed by atoms with Crippen LogP contribution < -0.4 is 10.6 Å². The smallest absolute Gasteiger partial charge is 0.302 e. The first-order valence-corrected chi connectivity index (χ1v) is 11.4. The lowest BCUT2D eigenvalue weighted by Crippen LogP contribution is -2.40. The molecule has 1 aromatic heterocycles. The number of aliphatic imine (C=N–C) groups is 1. The molecule has 0 saturated carbocycles. The lowest BCUT2D eigenvalue weighted by atomic mass is 9.78. The number of nitrogens with zero attached hydrogens (tertiary/aromatic N) is 2. The average Bonchev–Trinajstić information content (AvgIpc) is 3.25. The number of oxazole rings is 1. The van der Waals surface area contributed by atoms with Crippen molar-refractivity contribution in [2.24, 2.45) is 4.99 Å². The van der Waals surface area contributed by atoms with E-state index in [0.29, 0.717) is 28.8 Å². The van der Waals surface area contributed by atoms with Gasteiger partial charge in [-0.2, -0.15) is 4.98 Å². The maximum Gasteiger partial charge on any atom is 0.302 e. The number of ketones is 1. The molecule has 2 aliphatic rings. The van der Waals surface area contributed by atoms with Crippen LogP contribution in [0, 0.1) is 17.5 Å². The van der Waals surface area contributed by atoms with Crippen LogP contribution >= 0.6 is 0 Å². The Morgan fingerprint density at radius 1 is 0.889 bits per heavy atom. The molecule has 0 amide bonds. The van der Waals surface area contributed by atoms with Crippen LogP contribution in [0.5, 0.6) is 0 Å². The predicted molar refractivity (Wildman–Crippen MR) is 128 cm³/mol. The van der Waals surface area contributed by atoms with Crippen molar-refractivity contribution in [1.29, 1.82) is 0 Å². The molecule has 0 saturated heterocycles. The van der Waals surface area contributed by atoms with Crippen molar-refractivity contribution in [3.05, 3.63) is 107 Å². The number of carbonyl (C=O) groups excluding carboxylic acids is 1. The van der Waals surface area contributed by atoms with E-state index in [4.69, 9.17) is 4.42 Å². The third-order valence-corrected chi connectivity index (χ3v) is 6.37. The zero-order chi connectivity index (χ0) is 24.8. The quantitative estimate of drug-likeness (QED) is 0.384. The van der Waals surface area contributed by atoms with Gasteiger partial charge in [-0.25, -0.2) is 18.2 Å². The molecule has 0 fully saturated rings. The number of Topliss-reactive ketones (excluding diaryl/α,β-unsaturated/α-hetero) is 1. The number of benzene rings is 3. The van der Waals surface area contributed by atoms with Gasteiger partial charge in [-0.3, -0.25) is 10.1 Å². The molecular weight excluding hydrogens is 469 g/mol. The highest BCUT2D eigenvalue weighted by atomic mass is 19.1. The van der Waals surface area contributed by atoms with Crippen molar-refractivity contribution in [2.75, 3.05) is 5.32 Å². The summed E-state index contributed by atoms with van der Waals surface area (Å²) in [5.74, 6) is -2.05. The number of para-hydroxylation sites is 2. The Morgan fingerprint density at radius 3 is 2.39 bits per heavy atom. The fraction of sp³-hybridized carbons (Fsp3) is 0.148. The van der Waals surface area contributed by atoms with Gasteiger partial charge in [0.2, 0.25) is 5.96 Å². The third kappa shape index (κ3) is 4.13. The fourth-order valence-electron chi connectivity index (χ4n) is 4.77. The van der Waals surface area contributed by atoms with Gasteiger partial charge in [0.05, 0.1) is 0 Å². The van der Waals surface area contributed by atoms with Gasteiger partial charge >= 0.3 is 6.01 Å². The van der Waals surface area contributed by atoms with Crippen LogP contribution in [0.15, 0.2) is 87.4 Å². The minimum Gasteiger partial charge on any atom is -0.423 e.